The lowest BCUT2D eigenvalue weighted by Gasteiger charge is -2.22. The number of nitrogens with zero attached hydrogens (tertiary/aromatic N) is 2. The molecule has 0 bridgehead atoms. The highest BCUT2D eigenvalue weighted by molar-refractivity contribution is 5.94. The van der Waals surface area contributed by atoms with Crippen molar-refractivity contribution < 1.29 is 9.90 Å². The number of hydrogen-bond donors (Lipinski definition) is 2. The minimum absolute atomic E-state index is 0.0601. The predicted molar refractivity (Wildman–Crippen MR) is 81.6 cm³/mol. The Labute approximate surface area is 125 Å². The summed E-state index contributed by atoms with van der Waals surface area (Å²) in [6.45, 7) is 10.0. The third-order valence-electron chi connectivity index (χ3n) is 3.18. The molecule has 0 unspecified atom stereocenters. The van der Waals surface area contributed by atoms with Crippen molar-refractivity contribution >= 4 is 5.91 Å². The average molecular weight is 295 g/mol. The van der Waals surface area contributed by atoms with Crippen LogP contribution in [0.5, 0.6) is 0 Å². The van der Waals surface area contributed by atoms with Crippen molar-refractivity contribution in [2.24, 2.45) is 0 Å². The lowest BCUT2D eigenvalue weighted by molar-refractivity contribution is 0.0718. The number of aryl methyl sites for hydroxylation is 1. The van der Waals surface area contributed by atoms with Crippen LogP contribution >= 0.6 is 0 Å². The van der Waals surface area contributed by atoms with E-state index in [4.69, 9.17) is 5.11 Å². The van der Waals surface area contributed by atoms with Crippen molar-refractivity contribution in [1.29, 1.82) is 0 Å². The molecular weight excluding hydrogens is 270 g/mol. The van der Waals surface area contributed by atoms with Gasteiger partial charge < -0.3 is 15.0 Å². The zero-order chi connectivity index (χ0) is 16.2. The molecule has 1 aromatic heterocycles. The average Bonchev–Trinajstić information content (AvgIpc) is 2.36. The Morgan fingerprint density at radius 2 is 1.95 bits per heavy atom. The van der Waals surface area contributed by atoms with Crippen LogP contribution in [0.3, 0.4) is 0 Å². The number of aliphatic hydroxyl groups excluding tert-OH is 1. The van der Waals surface area contributed by atoms with E-state index in [-0.39, 0.29) is 30.0 Å². The zero-order valence-electron chi connectivity index (χ0n) is 13.5. The van der Waals surface area contributed by atoms with E-state index in [9.17, 15) is 9.59 Å². The number of amides is 1. The molecule has 0 aliphatic heterocycles. The second-order valence-corrected chi connectivity index (χ2v) is 6.14. The normalized spacial score (nSPS) is 11.5. The van der Waals surface area contributed by atoms with Gasteiger partial charge in [0.25, 0.3) is 11.5 Å². The van der Waals surface area contributed by atoms with E-state index >= 15 is 0 Å². The fourth-order valence-corrected chi connectivity index (χ4v) is 2.06. The van der Waals surface area contributed by atoms with Crippen molar-refractivity contribution in [3.8, 4) is 0 Å². The molecule has 0 atom stereocenters. The lowest BCUT2D eigenvalue weighted by Crippen LogP contribution is -2.39. The van der Waals surface area contributed by atoms with Crippen LogP contribution in [0.1, 0.15) is 56.0 Å². The highest BCUT2D eigenvalue weighted by Crippen LogP contribution is 2.17. The first-order valence-electron chi connectivity index (χ1n) is 7.23. The SMILES string of the molecule is CCCN(CCO)C(=O)c1c(C)nc(C(C)(C)C)[nH]c1=O. The van der Waals surface area contributed by atoms with Crippen molar-refractivity contribution in [2.75, 3.05) is 19.7 Å². The molecule has 0 aliphatic carbocycles. The Morgan fingerprint density at radius 1 is 1.33 bits per heavy atom. The van der Waals surface area contributed by atoms with Crippen LogP contribution in [0.4, 0.5) is 0 Å². The molecule has 6 nitrogen and oxygen atoms in total. The summed E-state index contributed by atoms with van der Waals surface area (Å²) in [6, 6.07) is 0. The molecule has 0 fully saturated rings. The first kappa shape index (κ1) is 17.4. The van der Waals surface area contributed by atoms with Gasteiger partial charge in [-0.2, -0.15) is 0 Å². The standard InChI is InChI=1S/C15H25N3O3/c1-6-7-18(8-9-19)13(21)11-10(2)16-14(15(3,4)5)17-12(11)20/h19H,6-9H2,1-5H3,(H,16,17,20). The smallest absolute Gasteiger partial charge is 0.264 e. The topological polar surface area (TPSA) is 86.3 Å². The van der Waals surface area contributed by atoms with Gasteiger partial charge in [0.15, 0.2) is 0 Å². The summed E-state index contributed by atoms with van der Waals surface area (Å²) in [5, 5.41) is 9.05. The molecule has 1 amide bonds. The van der Waals surface area contributed by atoms with Gasteiger partial charge in [0.05, 0.1) is 12.3 Å². The summed E-state index contributed by atoms with van der Waals surface area (Å²) in [5.41, 5.74) is -0.228. The Bertz CT molecular complexity index is 552. The van der Waals surface area contributed by atoms with Crippen molar-refractivity contribution in [1.82, 2.24) is 14.9 Å². The maximum atomic E-state index is 12.5. The van der Waals surface area contributed by atoms with Gasteiger partial charge in [-0.25, -0.2) is 4.98 Å². The van der Waals surface area contributed by atoms with Gasteiger partial charge in [-0.1, -0.05) is 27.7 Å². The van der Waals surface area contributed by atoms with Crippen LogP contribution in [0, 0.1) is 6.92 Å². The second-order valence-electron chi connectivity index (χ2n) is 6.14. The number of carbonyl (C=O) groups excluding carboxylic acids is 1. The van der Waals surface area contributed by atoms with E-state index in [2.05, 4.69) is 9.97 Å². The molecular formula is C15H25N3O3. The Morgan fingerprint density at radius 3 is 2.38 bits per heavy atom. The summed E-state index contributed by atoms with van der Waals surface area (Å²) in [7, 11) is 0. The molecule has 0 radical (unpaired) electrons. The minimum atomic E-state index is -0.420. The van der Waals surface area contributed by atoms with Gasteiger partial charge in [0.2, 0.25) is 0 Å². The molecule has 1 heterocycles. The number of carbonyl (C=O) groups is 1. The number of H-pyrrole nitrogens is 1. The third-order valence-corrected chi connectivity index (χ3v) is 3.18. The summed E-state index contributed by atoms with van der Waals surface area (Å²) in [6.07, 6.45) is 0.760. The van der Waals surface area contributed by atoms with Crippen LogP contribution in [0.2, 0.25) is 0 Å². The van der Waals surface area contributed by atoms with Crippen LogP contribution < -0.4 is 5.56 Å². The highest BCUT2D eigenvalue weighted by atomic mass is 16.3. The molecule has 2 N–H and O–H groups in total. The molecule has 0 saturated heterocycles. The maximum absolute atomic E-state index is 12.5. The van der Waals surface area contributed by atoms with E-state index in [0.717, 1.165) is 6.42 Å². The molecule has 1 aromatic rings. The van der Waals surface area contributed by atoms with Gasteiger partial charge in [-0.15, -0.1) is 0 Å². The first-order chi connectivity index (χ1) is 9.72. The van der Waals surface area contributed by atoms with Crippen LogP contribution in [-0.4, -0.2) is 45.6 Å². The Balaban J connectivity index is 3.25. The van der Waals surface area contributed by atoms with E-state index in [1.54, 1.807) is 6.92 Å². The fraction of sp³-hybridized carbons (Fsp3) is 0.667. The maximum Gasteiger partial charge on any atom is 0.264 e. The number of rotatable bonds is 5. The van der Waals surface area contributed by atoms with Crippen LogP contribution in [-0.2, 0) is 5.41 Å². The summed E-state index contributed by atoms with van der Waals surface area (Å²) >= 11 is 0. The third kappa shape index (κ3) is 4.14. The number of nitrogens with one attached hydrogen (secondary N) is 1. The highest BCUT2D eigenvalue weighted by Gasteiger charge is 2.24. The Kier molecular flexibility index (Phi) is 5.66. The summed E-state index contributed by atoms with van der Waals surface area (Å²) in [5.74, 6) is 0.184. The van der Waals surface area contributed by atoms with E-state index < -0.39 is 5.56 Å². The number of aromatic amines is 1. The predicted octanol–water partition coefficient (Wildman–Crippen LogP) is 1.22. The van der Waals surface area contributed by atoms with Gasteiger partial charge in [-0.05, 0) is 13.3 Å². The molecule has 0 aromatic carbocycles. The first-order valence-corrected chi connectivity index (χ1v) is 7.23. The van der Waals surface area contributed by atoms with Crippen LogP contribution in [0.15, 0.2) is 4.79 Å². The van der Waals surface area contributed by atoms with Gasteiger partial charge in [-0.3, -0.25) is 9.59 Å². The molecule has 0 saturated carbocycles. The van der Waals surface area contributed by atoms with Gasteiger partial charge >= 0.3 is 0 Å². The van der Waals surface area contributed by atoms with Crippen molar-refractivity contribution in [2.45, 2.75) is 46.5 Å². The monoisotopic (exact) mass is 295 g/mol. The van der Waals surface area contributed by atoms with E-state index in [1.807, 2.05) is 27.7 Å². The Hall–Kier alpha value is -1.69. The van der Waals surface area contributed by atoms with Gasteiger partial charge in [0, 0.05) is 18.5 Å². The van der Waals surface area contributed by atoms with Crippen LogP contribution in [0.25, 0.3) is 0 Å². The molecule has 21 heavy (non-hydrogen) atoms. The second kappa shape index (κ2) is 6.85. The molecule has 0 spiro atoms. The van der Waals surface area contributed by atoms with Crippen molar-refractivity contribution in [3.05, 3.63) is 27.4 Å². The largest absolute Gasteiger partial charge is 0.395 e. The molecule has 6 heteroatoms. The lowest BCUT2D eigenvalue weighted by atomic mass is 9.95. The quantitative estimate of drug-likeness (QED) is 0.855. The van der Waals surface area contributed by atoms with Gasteiger partial charge in [0.1, 0.15) is 11.4 Å². The number of aromatic nitrogens is 2. The number of aliphatic hydroxyl groups is 1. The zero-order valence-corrected chi connectivity index (χ0v) is 13.5. The molecule has 1 rings (SSSR count). The van der Waals surface area contributed by atoms with E-state index in [0.29, 0.717) is 18.1 Å². The summed E-state index contributed by atoms with van der Waals surface area (Å²) in [4.78, 5) is 33.3. The molecule has 0 aliphatic rings. The van der Waals surface area contributed by atoms with Crippen molar-refractivity contribution in [3.63, 3.8) is 0 Å². The summed E-state index contributed by atoms with van der Waals surface area (Å²) < 4.78 is 0. The minimum Gasteiger partial charge on any atom is -0.395 e. The molecule has 118 valence electrons. The number of hydrogen-bond acceptors (Lipinski definition) is 4. The van der Waals surface area contributed by atoms with E-state index in [1.165, 1.54) is 4.90 Å². The fourth-order valence-electron chi connectivity index (χ4n) is 2.06.